The Morgan fingerprint density at radius 2 is 1.81 bits per heavy atom. The predicted octanol–water partition coefficient (Wildman–Crippen LogP) is 2.36. The molecule has 9 heteroatoms. The van der Waals surface area contributed by atoms with Gasteiger partial charge in [0.2, 0.25) is 5.91 Å². The predicted molar refractivity (Wildman–Crippen MR) is 119 cm³/mol. The fourth-order valence-electron chi connectivity index (χ4n) is 4.17. The molecule has 5 rings (SSSR count). The number of nitrogens with one attached hydrogen (secondary N) is 2. The van der Waals surface area contributed by atoms with Gasteiger partial charge in [0, 0.05) is 36.1 Å². The van der Waals surface area contributed by atoms with Crippen LogP contribution in [0.2, 0.25) is 0 Å². The van der Waals surface area contributed by atoms with E-state index < -0.39 is 0 Å². The highest BCUT2D eigenvalue weighted by molar-refractivity contribution is 5.95. The van der Waals surface area contributed by atoms with E-state index in [1.807, 2.05) is 38.1 Å². The standard InChI is InChI=1S/C22H23N7O2/c1-13-15(14(2)29-18(23-13)12-20(31)27-29)11-19(30)26-21-22(28-9-5-6-10-28)25-17-8-4-3-7-16(17)24-21/h3-4,7-8,12H,5-6,9-11H2,1-2H3,(H,27,31)(H,24,26,30). The Hall–Kier alpha value is -3.75. The highest BCUT2D eigenvalue weighted by Crippen LogP contribution is 2.28. The smallest absolute Gasteiger partial charge is 0.266 e. The molecule has 3 aromatic heterocycles. The molecule has 1 aliphatic rings. The van der Waals surface area contributed by atoms with Crippen molar-refractivity contribution < 1.29 is 4.79 Å². The zero-order valence-electron chi connectivity index (χ0n) is 17.5. The van der Waals surface area contributed by atoms with Crippen molar-refractivity contribution in [1.82, 2.24) is 24.6 Å². The molecule has 0 unspecified atom stereocenters. The molecule has 1 saturated heterocycles. The summed E-state index contributed by atoms with van der Waals surface area (Å²) in [4.78, 5) is 40.8. The van der Waals surface area contributed by atoms with Crippen LogP contribution in [0.25, 0.3) is 16.7 Å². The van der Waals surface area contributed by atoms with E-state index in [0.717, 1.165) is 53.9 Å². The minimum absolute atomic E-state index is 0.120. The summed E-state index contributed by atoms with van der Waals surface area (Å²) in [6, 6.07) is 9.10. The van der Waals surface area contributed by atoms with E-state index >= 15 is 0 Å². The van der Waals surface area contributed by atoms with Gasteiger partial charge < -0.3 is 10.2 Å². The number of aromatic nitrogens is 5. The van der Waals surface area contributed by atoms with Crippen molar-refractivity contribution in [3.8, 4) is 0 Å². The largest absolute Gasteiger partial charge is 0.354 e. The maximum absolute atomic E-state index is 13.0. The number of anilines is 2. The van der Waals surface area contributed by atoms with Crippen LogP contribution < -0.4 is 15.8 Å². The van der Waals surface area contributed by atoms with Crippen LogP contribution in [0, 0.1) is 13.8 Å². The molecule has 0 radical (unpaired) electrons. The molecule has 0 atom stereocenters. The first kappa shape index (κ1) is 19.2. The molecule has 9 nitrogen and oxygen atoms in total. The molecule has 1 amide bonds. The van der Waals surface area contributed by atoms with Crippen LogP contribution in [0.5, 0.6) is 0 Å². The Morgan fingerprint density at radius 1 is 1.10 bits per heavy atom. The van der Waals surface area contributed by atoms with E-state index in [1.165, 1.54) is 6.07 Å². The van der Waals surface area contributed by atoms with Crippen LogP contribution in [-0.2, 0) is 11.2 Å². The number of nitrogens with zero attached hydrogens (tertiary/aromatic N) is 5. The van der Waals surface area contributed by atoms with Gasteiger partial charge in [-0.25, -0.2) is 19.5 Å². The summed E-state index contributed by atoms with van der Waals surface area (Å²) in [5.74, 6) is 0.984. The maximum Gasteiger partial charge on any atom is 0.266 e. The zero-order valence-corrected chi connectivity index (χ0v) is 17.5. The molecule has 4 heterocycles. The van der Waals surface area contributed by atoms with Crippen LogP contribution in [0.4, 0.5) is 11.6 Å². The van der Waals surface area contributed by atoms with Crippen molar-refractivity contribution in [3.63, 3.8) is 0 Å². The number of aryl methyl sites for hydroxylation is 2. The summed E-state index contributed by atoms with van der Waals surface area (Å²) >= 11 is 0. The third-order valence-electron chi connectivity index (χ3n) is 5.76. The second-order valence-corrected chi connectivity index (χ2v) is 7.88. The summed E-state index contributed by atoms with van der Waals surface area (Å²) in [6.07, 6.45) is 2.32. The van der Waals surface area contributed by atoms with Gasteiger partial charge in [0.25, 0.3) is 5.56 Å². The van der Waals surface area contributed by atoms with Crippen LogP contribution in [-0.4, -0.2) is 43.6 Å². The number of carbonyl (C=O) groups excluding carboxylic acids is 1. The number of hydrogen-bond acceptors (Lipinski definition) is 6. The molecular formula is C22H23N7O2. The Kier molecular flexibility index (Phi) is 4.65. The normalized spacial score (nSPS) is 13.9. The fourth-order valence-corrected chi connectivity index (χ4v) is 4.17. The van der Waals surface area contributed by atoms with Gasteiger partial charge in [-0.3, -0.25) is 14.7 Å². The van der Waals surface area contributed by atoms with E-state index in [1.54, 1.807) is 4.52 Å². The molecule has 2 N–H and O–H groups in total. The number of H-pyrrole nitrogens is 1. The molecular weight excluding hydrogens is 394 g/mol. The van der Waals surface area contributed by atoms with E-state index in [4.69, 9.17) is 9.97 Å². The number of hydrogen-bond donors (Lipinski definition) is 2. The lowest BCUT2D eigenvalue weighted by molar-refractivity contribution is -0.115. The molecule has 158 valence electrons. The fraction of sp³-hybridized carbons (Fsp3) is 0.318. The molecule has 0 spiro atoms. The average Bonchev–Trinajstić information content (AvgIpc) is 3.40. The summed E-state index contributed by atoms with van der Waals surface area (Å²) in [7, 11) is 0. The van der Waals surface area contributed by atoms with E-state index in [-0.39, 0.29) is 17.9 Å². The topological polar surface area (TPSA) is 108 Å². The molecule has 0 saturated carbocycles. The van der Waals surface area contributed by atoms with E-state index in [9.17, 15) is 9.59 Å². The molecule has 1 aromatic carbocycles. The Balaban J connectivity index is 1.48. The van der Waals surface area contributed by atoms with Crippen molar-refractivity contribution in [3.05, 3.63) is 57.6 Å². The van der Waals surface area contributed by atoms with Gasteiger partial charge in [0.1, 0.15) is 0 Å². The highest BCUT2D eigenvalue weighted by atomic mass is 16.1. The van der Waals surface area contributed by atoms with Crippen LogP contribution in [0.3, 0.4) is 0 Å². The molecule has 1 aliphatic heterocycles. The van der Waals surface area contributed by atoms with Crippen LogP contribution in [0.15, 0.2) is 35.1 Å². The summed E-state index contributed by atoms with van der Waals surface area (Å²) in [5.41, 5.74) is 4.13. The second-order valence-electron chi connectivity index (χ2n) is 7.88. The van der Waals surface area contributed by atoms with Gasteiger partial charge in [0.05, 0.1) is 17.5 Å². The van der Waals surface area contributed by atoms with Crippen molar-refractivity contribution in [2.45, 2.75) is 33.1 Å². The van der Waals surface area contributed by atoms with Crippen molar-refractivity contribution >= 4 is 34.2 Å². The van der Waals surface area contributed by atoms with Gasteiger partial charge in [-0.05, 0) is 38.8 Å². The lowest BCUT2D eigenvalue weighted by atomic mass is 10.1. The molecule has 0 bridgehead atoms. The number of carbonyl (C=O) groups is 1. The SMILES string of the molecule is Cc1nc2cc(=O)[nH]n2c(C)c1CC(=O)Nc1nc2ccccc2nc1N1CCCC1. The Morgan fingerprint density at radius 3 is 2.55 bits per heavy atom. The molecule has 4 aromatic rings. The number of fused-ring (bicyclic) bond motifs is 2. The third kappa shape index (κ3) is 3.52. The summed E-state index contributed by atoms with van der Waals surface area (Å²) in [6.45, 7) is 5.51. The Labute approximate surface area is 178 Å². The summed E-state index contributed by atoms with van der Waals surface area (Å²) < 4.78 is 1.61. The monoisotopic (exact) mass is 417 g/mol. The van der Waals surface area contributed by atoms with Gasteiger partial charge >= 0.3 is 0 Å². The first-order valence-electron chi connectivity index (χ1n) is 10.4. The first-order valence-corrected chi connectivity index (χ1v) is 10.4. The number of aromatic amines is 1. The van der Waals surface area contributed by atoms with Gasteiger partial charge in [-0.15, -0.1) is 0 Å². The van der Waals surface area contributed by atoms with Gasteiger partial charge in [0.15, 0.2) is 17.3 Å². The zero-order chi connectivity index (χ0) is 21.5. The minimum Gasteiger partial charge on any atom is -0.354 e. The number of rotatable bonds is 4. The number of amides is 1. The van der Waals surface area contributed by atoms with Crippen LogP contribution >= 0.6 is 0 Å². The Bertz CT molecular complexity index is 1370. The van der Waals surface area contributed by atoms with Crippen molar-refractivity contribution in [2.24, 2.45) is 0 Å². The van der Waals surface area contributed by atoms with E-state index in [0.29, 0.717) is 17.3 Å². The maximum atomic E-state index is 13.0. The molecule has 0 aliphatic carbocycles. The van der Waals surface area contributed by atoms with Crippen molar-refractivity contribution in [1.29, 1.82) is 0 Å². The lowest BCUT2D eigenvalue weighted by Crippen LogP contribution is -2.24. The molecule has 1 fully saturated rings. The third-order valence-corrected chi connectivity index (χ3v) is 5.76. The van der Waals surface area contributed by atoms with Gasteiger partial charge in [-0.2, -0.15) is 0 Å². The van der Waals surface area contributed by atoms with Crippen LogP contribution in [0.1, 0.15) is 29.8 Å². The van der Waals surface area contributed by atoms with E-state index in [2.05, 4.69) is 20.3 Å². The average molecular weight is 417 g/mol. The molecule has 31 heavy (non-hydrogen) atoms. The first-order chi connectivity index (χ1) is 15.0. The number of benzene rings is 1. The summed E-state index contributed by atoms with van der Waals surface area (Å²) in [5, 5.41) is 5.69. The second kappa shape index (κ2) is 7.50. The quantitative estimate of drug-likeness (QED) is 0.528. The highest BCUT2D eigenvalue weighted by Gasteiger charge is 2.22. The van der Waals surface area contributed by atoms with Crippen molar-refractivity contribution in [2.75, 3.05) is 23.3 Å². The number of para-hydroxylation sites is 2. The minimum atomic E-state index is -0.224. The lowest BCUT2D eigenvalue weighted by Gasteiger charge is -2.20. The van der Waals surface area contributed by atoms with Gasteiger partial charge in [-0.1, -0.05) is 12.1 Å².